The molecule has 1 unspecified atom stereocenters. The zero-order valence-electron chi connectivity index (χ0n) is 10.4. The summed E-state index contributed by atoms with van der Waals surface area (Å²) in [6.45, 7) is 8.29. The summed E-state index contributed by atoms with van der Waals surface area (Å²) in [5, 5.41) is 2.75. The van der Waals surface area contributed by atoms with Crippen LogP contribution in [-0.2, 0) is 16.1 Å². The van der Waals surface area contributed by atoms with Crippen molar-refractivity contribution in [2.45, 2.75) is 26.6 Å². The van der Waals surface area contributed by atoms with Crippen molar-refractivity contribution in [2.75, 3.05) is 6.54 Å². The Morgan fingerprint density at radius 3 is 2.65 bits per heavy atom. The first-order valence-corrected chi connectivity index (χ1v) is 5.67. The summed E-state index contributed by atoms with van der Waals surface area (Å²) in [4.78, 5) is 11.6. The lowest BCUT2D eigenvalue weighted by Gasteiger charge is -2.13. The summed E-state index contributed by atoms with van der Waals surface area (Å²) in [7, 11) is 0. The summed E-state index contributed by atoms with van der Waals surface area (Å²) in [5.74, 6) is -0.107. The monoisotopic (exact) mass is 233 g/mol. The number of carbonyl (C=O) groups excluding carboxylic acids is 1. The summed E-state index contributed by atoms with van der Waals surface area (Å²) >= 11 is 0. The van der Waals surface area contributed by atoms with Crippen molar-refractivity contribution in [3.05, 3.63) is 48.0 Å². The smallest absolute Gasteiger partial charge is 0.249 e. The Hall–Kier alpha value is -1.61. The number of carbonyl (C=O) groups is 1. The minimum Gasteiger partial charge on any atom is -0.364 e. The highest BCUT2D eigenvalue weighted by molar-refractivity contribution is 5.80. The highest BCUT2D eigenvalue weighted by Crippen LogP contribution is 2.03. The molecule has 1 atom stereocenters. The van der Waals surface area contributed by atoms with Crippen molar-refractivity contribution in [1.82, 2.24) is 5.32 Å². The third-order valence-corrected chi connectivity index (χ3v) is 2.28. The summed E-state index contributed by atoms with van der Waals surface area (Å²) in [5.41, 5.74) is 1.99. The molecule has 1 aromatic carbocycles. The van der Waals surface area contributed by atoms with E-state index in [2.05, 4.69) is 11.9 Å². The van der Waals surface area contributed by atoms with Gasteiger partial charge in [-0.3, -0.25) is 4.79 Å². The van der Waals surface area contributed by atoms with E-state index in [0.29, 0.717) is 13.2 Å². The van der Waals surface area contributed by atoms with Crippen molar-refractivity contribution in [2.24, 2.45) is 0 Å². The number of hydrogen-bond acceptors (Lipinski definition) is 2. The first-order valence-electron chi connectivity index (χ1n) is 5.67. The van der Waals surface area contributed by atoms with E-state index in [-0.39, 0.29) is 5.91 Å². The van der Waals surface area contributed by atoms with Gasteiger partial charge in [0, 0.05) is 6.54 Å². The zero-order chi connectivity index (χ0) is 12.7. The third-order valence-electron chi connectivity index (χ3n) is 2.28. The topological polar surface area (TPSA) is 38.3 Å². The number of ether oxygens (including phenoxy) is 1. The maximum atomic E-state index is 11.6. The molecule has 1 N–H and O–H groups in total. The molecular formula is C14H19NO2. The van der Waals surface area contributed by atoms with Gasteiger partial charge in [0.2, 0.25) is 5.91 Å². The average molecular weight is 233 g/mol. The molecule has 0 fully saturated rings. The fourth-order valence-corrected chi connectivity index (χ4v) is 1.25. The highest BCUT2D eigenvalue weighted by Gasteiger charge is 2.12. The molecule has 0 heterocycles. The van der Waals surface area contributed by atoms with Crippen LogP contribution in [0.4, 0.5) is 0 Å². The van der Waals surface area contributed by atoms with E-state index in [1.165, 1.54) is 0 Å². The van der Waals surface area contributed by atoms with Gasteiger partial charge in [0.25, 0.3) is 0 Å². The minimum atomic E-state index is -0.449. The van der Waals surface area contributed by atoms with E-state index in [9.17, 15) is 4.79 Å². The molecule has 1 rings (SSSR count). The van der Waals surface area contributed by atoms with Gasteiger partial charge in [0.1, 0.15) is 6.10 Å². The van der Waals surface area contributed by atoms with Crippen molar-refractivity contribution >= 4 is 5.91 Å². The quantitative estimate of drug-likeness (QED) is 0.765. The highest BCUT2D eigenvalue weighted by atomic mass is 16.5. The Bertz CT molecular complexity index is 373. The molecular weight excluding hydrogens is 214 g/mol. The maximum absolute atomic E-state index is 11.6. The Morgan fingerprint density at radius 2 is 2.06 bits per heavy atom. The molecule has 0 saturated heterocycles. The lowest BCUT2D eigenvalue weighted by molar-refractivity contribution is -0.132. The van der Waals surface area contributed by atoms with Gasteiger partial charge >= 0.3 is 0 Å². The molecule has 0 spiro atoms. The van der Waals surface area contributed by atoms with E-state index < -0.39 is 6.10 Å². The molecule has 0 saturated carbocycles. The molecule has 17 heavy (non-hydrogen) atoms. The van der Waals surface area contributed by atoms with Gasteiger partial charge in [0.15, 0.2) is 0 Å². The number of hydrogen-bond donors (Lipinski definition) is 1. The van der Waals surface area contributed by atoms with Crippen LogP contribution in [0.2, 0.25) is 0 Å². The largest absolute Gasteiger partial charge is 0.364 e. The Balaban J connectivity index is 2.31. The predicted octanol–water partition coefficient (Wildman–Crippen LogP) is 2.28. The van der Waals surface area contributed by atoms with Gasteiger partial charge in [-0.25, -0.2) is 0 Å². The summed E-state index contributed by atoms with van der Waals surface area (Å²) in [6.07, 6.45) is -0.449. The van der Waals surface area contributed by atoms with Crippen molar-refractivity contribution in [3.63, 3.8) is 0 Å². The molecule has 0 bridgehead atoms. The van der Waals surface area contributed by atoms with Crippen LogP contribution in [0.5, 0.6) is 0 Å². The lowest BCUT2D eigenvalue weighted by atomic mass is 10.2. The molecule has 0 aliphatic rings. The molecule has 0 radical (unpaired) electrons. The molecule has 1 aromatic rings. The van der Waals surface area contributed by atoms with Gasteiger partial charge in [-0.05, 0) is 19.4 Å². The van der Waals surface area contributed by atoms with Crippen LogP contribution >= 0.6 is 0 Å². The number of amides is 1. The molecule has 92 valence electrons. The molecule has 1 amide bonds. The Kier molecular flexibility index (Phi) is 5.43. The van der Waals surface area contributed by atoms with Crippen LogP contribution in [-0.4, -0.2) is 18.6 Å². The summed E-state index contributed by atoms with van der Waals surface area (Å²) in [6, 6.07) is 9.79. The third kappa shape index (κ3) is 5.31. The van der Waals surface area contributed by atoms with Crippen LogP contribution in [0.15, 0.2) is 42.5 Å². The van der Waals surface area contributed by atoms with Crippen LogP contribution in [0.25, 0.3) is 0 Å². The maximum Gasteiger partial charge on any atom is 0.249 e. The van der Waals surface area contributed by atoms with Crippen LogP contribution in [0.1, 0.15) is 19.4 Å². The van der Waals surface area contributed by atoms with E-state index >= 15 is 0 Å². The predicted molar refractivity (Wildman–Crippen MR) is 68.5 cm³/mol. The number of benzene rings is 1. The normalized spacial score (nSPS) is 11.9. The van der Waals surface area contributed by atoms with E-state index in [1.54, 1.807) is 6.92 Å². The molecule has 3 nitrogen and oxygen atoms in total. The molecule has 3 heteroatoms. The van der Waals surface area contributed by atoms with Crippen molar-refractivity contribution in [1.29, 1.82) is 0 Å². The van der Waals surface area contributed by atoms with Gasteiger partial charge in [-0.15, -0.1) is 0 Å². The minimum absolute atomic E-state index is 0.107. The summed E-state index contributed by atoms with van der Waals surface area (Å²) < 4.78 is 5.48. The fraction of sp³-hybridized carbons (Fsp3) is 0.357. The van der Waals surface area contributed by atoms with Crippen LogP contribution in [0.3, 0.4) is 0 Å². The second-order valence-corrected chi connectivity index (χ2v) is 4.11. The van der Waals surface area contributed by atoms with E-state index in [1.807, 2.05) is 37.3 Å². The van der Waals surface area contributed by atoms with Crippen LogP contribution < -0.4 is 5.32 Å². The number of nitrogens with one attached hydrogen (secondary N) is 1. The number of rotatable bonds is 6. The van der Waals surface area contributed by atoms with Gasteiger partial charge in [-0.2, -0.15) is 0 Å². The van der Waals surface area contributed by atoms with Gasteiger partial charge in [0.05, 0.1) is 6.61 Å². The van der Waals surface area contributed by atoms with Crippen LogP contribution in [0, 0.1) is 0 Å². The average Bonchev–Trinajstić information content (AvgIpc) is 2.34. The Morgan fingerprint density at radius 1 is 1.41 bits per heavy atom. The van der Waals surface area contributed by atoms with Gasteiger partial charge < -0.3 is 10.1 Å². The van der Waals surface area contributed by atoms with Gasteiger partial charge in [-0.1, -0.05) is 42.5 Å². The second-order valence-electron chi connectivity index (χ2n) is 4.11. The zero-order valence-corrected chi connectivity index (χ0v) is 10.4. The standard InChI is InChI=1S/C14H19NO2/c1-11(2)9-15-14(16)12(3)17-10-13-7-5-4-6-8-13/h4-8,12H,1,9-10H2,2-3H3,(H,15,16). The SMILES string of the molecule is C=C(C)CNC(=O)C(C)OCc1ccccc1. The molecule has 0 aliphatic carbocycles. The van der Waals surface area contributed by atoms with Crippen molar-refractivity contribution in [3.8, 4) is 0 Å². The molecule has 0 aromatic heterocycles. The fourth-order valence-electron chi connectivity index (χ4n) is 1.25. The van der Waals surface area contributed by atoms with Crippen molar-refractivity contribution < 1.29 is 9.53 Å². The Labute approximate surface area is 102 Å². The van der Waals surface area contributed by atoms with E-state index in [0.717, 1.165) is 11.1 Å². The second kappa shape index (κ2) is 6.86. The lowest BCUT2D eigenvalue weighted by Crippen LogP contribution is -2.35. The first kappa shape index (κ1) is 13.5. The van der Waals surface area contributed by atoms with E-state index in [4.69, 9.17) is 4.74 Å². The first-order chi connectivity index (χ1) is 8.09. The molecule has 0 aliphatic heterocycles.